The molecule has 1 aliphatic rings. The number of benzene rings is 2. The first kappa shape index (κ1) is 14.9. The molecular weight excluding hydrogens is 277 g/mol. The van der Waals surface area contributed by atoms with E-state index in [2.05, 4.69) is 23.5 Å². The Morgan fingerprint density at radius 1 is 1.05 bits per heavy atom. The van der Waals surface area contributed by atoms with E-state index in [9.17, 15) is 9.50 Å². The highest BCUT2D eigenvalue weighted by atomic mass is 19.1. The molecule has 1 heterocycles. The molecule has 2 aromatic carbocycles. The van der Waals surface area contributed by atoms with Crippen molar-refractivity contribution in [2.45, 2.75) is 12.5 Å². The summed E-state index contributed by atoms with van der Waals surface area (Å²) in [4.78, 5) is 0. The van der Waals surface area contributed by atoms with Crippen LogP contribution in [0.4, 0.5) is 4.39 Å². The average Bonchev–Trinajstić information content (AvgIpc) is 2.56. The first-order chi connectivity index (χ1) is 10.8. The maximum atomic E-state index is 13.1. The van der Waals surface area contributed by atoms with E-state index in [1.54, 1.807) is 12.1 Å². The monoisotopic (exact) mass is 297 g/mol. The van der Waals surface area contributed by atoms with E-state index in [1.807, 2.05) is 18.2 Å². The maximum Gasteiger partial charge on any atom is 0.123 e. The average molecular weight is 297 g/mol. The van der Waals surface area contributed by atoms with E-state index in [0.29, 0.717) is 0 Å². The fraction of sp³-hybridized carbons (Fsp3) is 0.263. The molecule has 1 aliphatic heterocycles. The van der Waals surface area contributed by atoms with Gasteiger partial charge in [0.15, 0.2) is 0 Å². The Hall–Kier alpha value is -1.97. The molecule has 0 saturated carbocycles. The minimum Gasteiger partial charge on any atom is -0.396 e. The van der Waals surface area contributed by atoms with Gasteiger partial charge in [0, 0.05) is 18.5 Å². The highest BCUT2D eigenvalue weighted by Gasteiger charge is 2.28. The van der Waals surface area contributed by atoms with Gasteiger partial charge in [0.1, 0.15) is 5.82 Å². The summed E-state index contributed by atoms with van der Waals surface area (Å²) in [7, 11) is 0. The summed E-state index contributed by atoms with van der Waals surface area (Å²) < 4.78 is 13.1. The second kappa shape index (κ2) is 6.86. The van der Waals surface area contributed by atoms with Crippen LogP contribution in [0.2, 0.25) is 0 Å². The van der Waals surface area contributed by atoms with Gasteiger partial charge in [-0.3, -0.25) is 0 Å². The lowest BCUT2D eigenvalue weighted by Crippen LogP contribution is -2.43. The number of hydrogen-bond acceptors (Lipinski definition) is 2. The second-order valence-corrected chi connectivity index (χ2v) is 5.66. The summed E-state index contributed by atoms with van der Waals surface area (Å²) in [6.07, 6.45) is 2.96. The summed E-state index contributed by atoms with van der Waals surface area (Å²) in [6.45, 7) is 0.842. The summed E-state index contributed by atoms with van der Waals surface area (Å²) in [5.74, 6) is -0.223. The van der Waals surface area contributed by atoms with E-state index in [0.717, 1.165) is 24.1 Å². The Balaban J connectivity index is 1.83. The van der Waals surface area contributed by atoms with Crippen molar-refractivity contribution < 1.29 is 9.50 Å². The zero-order valence-electron chi connectivity index (χ0n) is 12.4. The molecule has 0 fully saturated rings. The minimum absolute atomic E-state index is 0.0133. The van der Waals surface area contributed by atoms with Crippen molar-refractivity contribution in [1.82, 2.24) is 5.32 Å². The Bertz CT molecular complexity index is 636. The van der Waals surface area contributed by atoms with Crippen LogP contribution < -0.4 is 5.32 Å². The lowest BCUT2D eigenvalue weighted by Gasteiger charge is -2.33. The van der Waals surface area contributed by atoms with E-state index < -0.39 is 0 Å². The van der Waals surface area contributed by atoms with Gasteiger partial charge in [-0.2, -0.15) is 0 Å². The van der Waals surface area contributed by atoms with E-state index in [4.69, 9.17) is 0 Å². The number of halogens is 1. The summed E-state index contributed by atoms with van der Waals surface area (Å²) in [5.41, 5.74) is 3.33. The molecule has 2 N–H and O–H groups in total. The van der Waals surface area contributed by atoms with Crippen LogP contribution in [0.25, 0.3) is 5.57 Å². The van der Waals surface area contributed by atoms with Gasteiger partial charge >= 0.3 is 0 Å². The lowest BCUT2D eigenvalue weighted by molar-refractivity contribution is 0.222. The molecule has 0 radical (unpaired) electrons. The van der Waals surface area contributed by atoms with Gasteiger partial charge in [-0.05, 0) is 35.3 Å². The molecule has 3 heteroatoms. The molecule has 0 bridgehead atoms. The maximum absolute atomic E-state index is 13.1. The molecule has 114 valence electrons. The zero-order chi connectivity index (χ0) is 15.4. The van der Waals surface area contributed by atoms with Crippen LogP contribution in [-0.4, -0.2) is 24.3 Å². The summed E-state index contributed by atoms with van der Waals surface area (Å²) in [5, 5.41) is 13.3. The molecule has 0 aliphatic carbocycles. The van der Waals surface area contributed by atoms with Gasteiger partial charge in [-0.25, -0.2) is 4.39 Å². The van der Waals surface area contributed by atoms with Crippen LogP contribution in [-0.2, 0) is 6.42 Å². The molecule has 0 aromatic heterocycles. The van der Waals surface area contributed by atoms with Gasteiger partial charge in [0.2, 0.25) is 0 Å². The quantitative estimate of drug-likeness (QED) is 0.909. The Kier molecular flexibility index (Phi) is 4.66. The van der Waals surface area contributed by atoms with Crippen molar-refractivity contribution in [3.8, 4) is 0 Å². The molecule has 0 saturated heterocycles. The number of nitrogens with one attached hydrogen (secondary N) is 1. The van der Waals surface area contributed by atoms with Crippen molar-refractivity contribution in [3.05, 3.63) is 77.6 Å². The van der Waals surface area contributed by atoms with Crippen LogP contribution in [0.1, 0.15) is 11.1 Å². The molecule has 3 rings (SSSR count). The van der Waals surface area contributed by atoms with Gasteiger partial charge in [0.25, 0.3) is 0 Å². The zero-order valence-corrected chi connectivity index (χ0v) is 12.4. The standard InChI is InChI=1S/C19H20FNO/c20-16-8-6-15(7-9-16)17-10-11-21-19(18(17)13-22)12-14-4-2-1-3-5-14/h1-10,18-19,21-22H,11-13H2. The normalized spacial score (nSPS) is 21.5. The predicted octanol–water partition coefficient (Wildman–Crippen LogP) is 3.03. The fourth-order valence-electron chi connectivity index (χ4n) is 3.11. The smallest absolute Gasteiger partial charge is 0.123 e. The van der Waals surface area contributed by atoms with Gasteiger partial charge in [-0.1, -0.05) is 48.5 Å². The highest BCUT2D eigenvalue weighted by molar-refractivity contribution is 5.69. The molecule has 2 aromatic rings. The number of rotatable bonds is 4. The third kappa shape index (κ3) is 3.26. The molecule has 0 amide bonds. The van der Waals surface area contributed by atoms with Crippen LogP contribution >= 0.6 is 0 Å². The van der Waals surface area contributed by atoms with Gasteiger partial charge < -0.3 is 10.4 Å². The summed E-state index contributed by atoms with van der Waals surface area (Å²) in [6, 6.07) is 17.0. The summed E-state index contributed by atoms with van der Waals surface area (Å²) >= 11 is 0. The molecular formula is C19H20FNO. The molecule has 22 heavy (non-hydrogen) atoms. The van der Waals surface area contributed by atoms with Crippen molar-refractivity contribution in [1.29, 1.82) is 0 Å². The highest BCUT2D eigenvalue weighted by Crippen LogP contribution is 2.30. The van der Waals surface area contributed by atoms with Crippen molar-refractivity contribution in [2.75, 3.05) is 13.2 Å². The van der Waals surface area contributed by atoms with Crippen LogP contribution in [0.15, 0.2) is 60.7 Å². The van der Waals surface area contributed by atoms with Crippen LogP contribution in [0, 0.1) is 11.7 Å². The Labute approximate surface area is 130 Å². The molecule has 2 atom stereocenters. The SMILES string of the molecule is OCC1C(c2ccc(F)cc2)=CCNC1Cc1ccccc1. The largest absolute Gasteiger partial charge is 0.396 e. The van der Waals surface area contributed by atoms with Gasteiger partial charge in [0.05, 0.1) is 6.61 Å². The Morgan fingerprint density at radius 3 is 2.45 bits per heavy atom. The number of aliphatic hydroxyl groups excluding tert-OH is 1. The third-order valence-corrected chi connectivity index (χ3v) is 4.26. The third-order valence-electron chi connectivity index (χ3n) is 4.26. The van der Waals surface area contributed by atoms with Crippen LogP contribution in [0.3, 0.4) is 0 Å². The molecule has 2 nitrogen and oxygen atoms in total. The lowest BCUT2D eigenvalue weighted by atomic mass is 9.82. The number of aliphatic hydroxyl groups is 1. The van der Waals surface area contributed by atoms with Crippen LogP contribution in [0.5, 0.6) is 0 Å². The molecule has 0 spiro atoms. The van der Waals surface area contributed by atoms with Gasteiger partial charge in [-0.15, -0.1) is 0 Å². The second-order valence-electron chi connectivity index (χ2n) is 5.66. The van der Waals surface area contributed by atoms with Crippen molar-refractivity contribution in [3.63, 3.8) is 0 Å². The first-order valence-electron chi connectivity index (χ1n) is 7.62. The number of hydrogen-bond donors (Lipinski definition) is 2. The van der Waals surface area contributed by atoms with E-state index in [1.165, 1.54) is 17.7 Å². The van der Waals surface area contributed by atoms with Crippen molar-refractivity contribution >= 4 is 5.57 Å². The molecule has 2 unspecified atom stereocenters. The topological polar surface area (TPSA) is 32.3 Å². The van der Waals surface area contributed by atoms with E-state index >= 15 is 0 Å². The van der Waals surface area contributed by atoms with E-state index in [-0.39, 0.29) is 24.4 Å². The minimum atomic E-state index is -0.236. The first-order valence-corrected chi connectivity index (χ1v) is 7.62. The predicted molar refractivity (Wildman–Crippen MR) is 86.9 cm³/mol. The fourth-order valence-corrected chi connectivity index (χ4v) is 3.11. The van der Waals surface area contributed by atoms with Crippen molar-refractivity contribution in [2.24, 2.45) is 5.92 Å². The Morgan fingerprint density at radius 2 is 1.77 bits per heavy atom.